The number of hydrogen-bond donors (Lipinski definition) is 2. The first kappa shape index (κ1) is 15.1. The van der Waals surface area contributed by atoms with Crippen molar-refractivity contribution in [1.82, 2.24) is 10.6 Å². The monoisotopic (exact) mass is 290 g/mol. The van der Waals surface area contributed by atoms with E-state index in [-0.39, 0.29) is 33.5 Å². The van der Waals surface area contributed by atoms with Crippen LogP contribution in [0.4, 0.5) is 0 Å². The molecule has 0 saturated heterocycles. The summed E-state index contributed by atoms with van der Waals surface area (Å²) in [5.74, 6) is -0.920. The van der Waals surface area contributed by atoms with Crippen molar-refractivity contribution in [2.45, 2.75) is 39.8 Å². The molecule has 0 aromatic carbocycles. The van der Waals surface area contributed by atoms with E-state index in [9.17, 15) is 9.59 Å². The predicted molar refractivity (Wildman–Crippen MR) is 72.3 cm³/mol. The summed E-state index contributed by atoms with van der Waals surface area (Å²) >= 11 is 11.9. The zero-order valence-corrected chi connectivity index (χ0v) is 12.2. The van der Waals surface area contributed by atoms with Gasteiger partial charge in [-0.1, -0.05) is 23.2 Å². The highest BCUT2D eigenvalue weighted by atomic mass is 35.5. The molecule has 4 nitrogen and oxygen atoms in total. The molecule has 0 aliphatic heterocycles. The van der Waals surface area contributed by atoms with Gasteiger partial charge in [0.2, 0.25) is 11.6 Å². The number of nitrogens with one attached hydrogen (secondary N) is 2. The van der Waals surface area contributed by atoms with Crippen molar-refractivity contribution in [2.75, 3.05) is 0 Å². The number of allylic oxidation sites excluding steroid dienone is 2. The van der Waals surface area contributed by atoms with E-state index in [1.165, 1.54) is 0 Å². The predicted octanol–water partition coefficient (Wildman–Crippen LogP) is 2.03. The van der Waals surface area contributed by atoms with Crippen molar-refractivity contribution in [2.24, 2.45) is 0 Å². The molecule has 0 atom stereocenters. The van der Waals surface area contributed by atoms with Gasteiger partial charge in [0.1, 0.15) is 21.5 Å². The standard InChI is InChI=1S/C12H16Cl2N2O2/c1-5(2)15-9-7(13)12(18)10(16-6(3)4)8(14)11(9)17/h5-6,15-16H,1-4H3. The molecule has 18 heavy (non-hydrogen) atoms. The highest BCUT2D eigenvalue weighted by molar-refractivity contribution is 6.55. The van der Waals surface area contributed by atoms with Gasteiger partial charge in [-0.2, -0.15) is 0 Å². The van der Waals surface area contributed by atoms with Crippen molar-refractivity contribution in [1.29, 1.82) is 0 Å². The van der Waals surface area contributed by atoms with Crippen LogP contribution in [0.1, 0.15) is 27.7 Å². The molecule has 2 N–H and O–H groups in total. The molecule has 0 aromatic heterocycles. The molecule has 0 spiro atoms. The molecule has 1 aliphatic rings. The number of hydrogen-bond acceptors (Lipinski definition) is 4. The van der Waals surface area contributed by atoms with Crippen LogP contribution in [0.5, 0.6) is 0 Å². The topological polar surface area (TPSA) is 58.2 Å². The normalized spacial score (nSPS) is 17.1. The van der Waals surface area contributed by atoms with Crippen LogP contribution < -0.4 is 10.6 Å². The lowest BCUT2D eigenvalue weighted by molar-refractivity contribution is -0.116. The van der Waals surface area contributed by atoms with Gasteiger partial charge >= 0.3 is 0 Å². The molecule has 6 heteroatoms. The van der Waals surface area contributed by atoms with Gasteiger partial charge in [-0.05, 0) is 27.7 Å². The number of ketones is 2. The van der Waals surface area contributed by atoms with Crippen molar-refractivity contribution < 1.29 is 9.59 Å². The Morgan fingerprint density at radius 3 is 1.28 bits per heavy atom. The first-order chi connectivity index (χ1) is 8.25. The molecule has 0 bridgehead atoms. The fraction of sp³-hybridized carbons (Fsp3) is 0.500. The van der Waals surface area contributed by atoms with E-state index < -0.39 is 11.6 Å². The lowest BCUT2D eigenvalue weighted by atomic mass is 10.0. The van der Waals surface area contributed by atoms with Crippen molar-refractivity contribution in [3.8, 4) is 0 Å². The van der Waals surface area contributed by atoms with Crippen LogP contribution in [0.2, 0.25) is 0 Å². The Balaban J connectivity index is 3.15. The van der Waals surface area contributed by atoms with Gasteiger partial charge in [0.15, 0.2) is 0 Å². The molecule has 100 valence electrons. The van der Waals surface area contributed by atoms with Crippen LogP contribution in [0.3, 0.4) is 0 Å². The Kier molecular flexibility index (Phi) is 4.82. The van der Waals surface area contributed by atoms with E-state index >= 15 is 0 Å². The summed E-state index contributed by atoms with van der Waals surface area (Å²) in [6.07, 6.45) is 0. The molecular formula is C12H16Cl2N2O2. The summed E-state index contributed by atoms with van der Waals surface area (Å²) < 4.78 is 0. The van der Waals surface area contributed by atoms with E-state index in [0.717, 1.165) is 0 Å². The lowest BCUT2D eigenvalue weighted by Gasteiger charge is -2.22. The Labute approximate surface area is 116 Å². The Hall–Kier alpha value is -1.00. The number of rotatable bonds is 4. The molecule has 0 amide bonds. The molecule has 0 fully saturated rings. The third-order valence-electron chi connectivity index (χ3n) is 2.16. The second-order valence-electron chi connectivity index (χ2n) is 4.63. The van der Waals surface area contributed by atoms with Gasteiger partial charge in [0.25, 0.3) is 0 Å². The molecule has 0 radical (unpaired) electrons. The van der Waals surface area contributed by atoms with E-state index in [2.05, 4.69) is 10.6 Å². The minimum absolute atomic E-state index is 0.0189. The third-order valence-corrected chi connectivity index (χ3v) is 2.88. The van der Waals surface area contributed by atoms with Crippen LogP contribution >= 0.6 is 23.2 Å². The van der Waals surface area contributed by atoms with Crippen molar-refractivity contribution in [3.05, 3.63) is 21.5 Å². The molecule has 0 aromatic rings. The van der Waals surface area contributed by atoms with Gasteiger partial charge in [-0.3, -0.25) is 9.59 Å². The summed E-state index contributed by atoms with van der Waals surface area (Å²) in [4.78, 5) is 24.0. The highest BCUT2D eigenvalue weighted by Gasteiger charge is 2.33. The SMILES string of the molecule is CC(C)NC1=C(Cl)C(=O)C(NC(C)C)=C(Cl)C1=O. The average molecular weight is 291 g/mol. The molecule has 1 aliphatic carbocycles. The number of carbonyl (C=O) groups excluding carboxylic acids is 2. The van der Waals surface area contributed by atoms with E-state index in [4.69, 9.17) is 23.2 Å². The van der Waals surface area contributed by atoms with Crippen LogP contribution in [0, 0.1) is 0 Å². The first-order valence-electron chi connectivity index (χ1n) is 5.67. The van der Waals surface area contributed by atoms with Gasteiger partial charge in [-0.15, -0.1) is 0 Å². The number of Topliss-reactive ketones (excluding diaryl/α,β-unsaturated/α-hetero) is 2. The minimum Gasteiger partial charge on any atom is -0.378 e. The van der Waals surface area contributed by atoms with E-state index in [1.807, 2.05) is 27.7 Å². The second kappa shape index (κ2) is 5.76. The molecule has 1 rings (SSSR count). The number of carbonyl (C=O) groups is 2. The maximum Gasteiger partial charge on any atom is 0.224 e. The summed E-state index contributed by atoms with van der Waals surface area (Å²) in [5.41, 5.74) is 0.131. The maximum atomic E-state index is 12.0. The van der Waals surface area contributed by atoms with Crippen LogP contribution in [0.15, 0.2) is 21.5 Å². The Morgan fingerprint density at radius 1 is 0.778 bits per heavy atom. The summed E-state index contributed by atoms with van der Waals surface area (Å²) in [6.45, 7) is 7.37. The quantitative estimate of drug-likeness (QED) is 0.778. The second-order valence-corrected chi connectivity index (χ2v) is 5.39. The van der Waals surface area contributed by atoms with Gasteiger partial charge in [0, 0.05) is 12.1 Å². The lowest BCUT2D eigenvalue weighted by Crippen LogP contribution is -2.37. The molecule has 0 heterocycles. The Morgan fingerprint density at radius 2 is 1.06 bits per heavy atom. The van der Waals surface area contributed by atoms with Crippen LogP contribution in [-0.2, 0) is 9.59 Å². The third kappa shape index (κ3) is 3.06. The largest absolute Gasteiger partial charge is 0.378 e. The van der Waals surface area contributed by atoms with E-state index in [0.29, 0.717) is 0 Å². The summed E-state index contributed by atoms with van der Waals surface area (Å²) in [7, 11) is 0. The number of halogens is 2. The van der Waals surface area contributed by atoms with Gasteiger partial charge in [0.05, 0.1) is 0 Å². The Bertz CT molecular complexity index is 409. The first-order valence-corrected chi connectivity index (χ1v) is 6.43. The van der Waals surface area contributed by atoms with Gasteiger partial charge in [-0.25, -0.2) is 0 Å². The summed E-state index contributed by atoms with van der Waals surface area (Å²) in [5, 5.41) is 5.45. The summed E-state index contributed by atoms with van der Waals surface area (Å²) in [6, 6.07) is -0.0378. The maximum absolute atomic E-state index is 12.0. The van der Waals surface area contributed by atoms with Crippen LogP contribution in [0.25, 0.3) is 0 Å². The highest BCUT2D eigenvalue weighted by Crippen LogP contribution is 2.27. The molecule has 0 saturated carbocycles. The minimum atomic E-state index is -0.460. The smallest absolute Gasteiger partial charge is 0.224 e. The van der Waals surface area contributed by atoms with Crippen molar-refractivity contribution >= 4 is 34.8 Å². The van der Waals surface area contributed by atoms with Gasteiger partial charge < -0.3 is 10.6 Å². The molecular weight excluding hydrogens is 275 g/mol. The van der Waals surface area contributed by atoms with E-state index in [1.54, 1.807) is 0 Å². The van der Waals surface area contributed by atoms with Crippen molar-refractivity contribution in [3.63, 3.8) is 0 Å². The zero-order valence-electron chi connectivity index (χ0n) is 10.7. The fourth-order valence-electron chi connectivity index (χ4n) is 1.48. The average Bonchev–Trinajstić information content (AvgIpc) is 2.27. The molecule has 0 unspecified atom stereocenters. The fourth-order valence-corrected chi connectivity index (χ4v) is 1.95. The van der Waals surface area contributed by atoms with Crippen LogP contribution in [-0.4, -0.2) is 23.7 Å². The zero-order chi connectivity index (χ0) is 14.0.